The van der Waals surface area contributed by atoms with E-state index in [1.54, 1.807) is 0 Å². The lowest BCUT2D eigenvalue weighted by atomic mass is 10.0. The number of carbonyl (C=O) groups is 1. The third-order valence-corrected chi connectivity index (χ3v) is 5.38. The topological polar surface area (TPSA) is 62.7 Å². The Morgan fingerprint density at radius 1 is 1.11 bits per heavy atom. The van der Waals surface area contributed by atoms with Crippen LogP contribution in [0.1, 0.15) is 52.3 Å². The molecule has 28 heavy (non-hydrogen) atoms. The molecule has 0 bridgehead atoms. The Morgan fingerprint density at radius 3 is 2.39 bits per heavy atom. The van der Waals surface area contributed by atoms with Gasteiger partial charge in [0.2, 0.25) is 0 Å². The van der Waals surface area contributed by atoms with Crippen molar-refractivity contribution in [2.24, 2.45) is 0 Å². The predicted octanol–water partition coefficient (Wildman–Crippen LogP) is 4.60. The zero-order valence-corrected chi connectivity index (χ0v) is 17.6. The van der Waals surface area contributed by atoms with Crippen molar-refractivity contribution in [2.45, 2.75) is 47.1 Å². The van der Waals surface area contributed by atoms with Gasteiger partial charge >= 0.3 is 0 Å². The molecule has 0 spiro atoms. The second-order valence-corrected chi connectivity index (χ2v) is 7.28. The number of rotatable bonds is 6. The van der Waals surface area contributed by atoms with Crippen LogP contribution >= 0.6 is 12.2 Å². The molecule has 0 saturated heterocycles. The maximum absolute atomic E-state index is 12.6. The molecule has 2 N–H and O–H groups in total. The maximum atomic E-state index is 12.6. The standard InChI is InChI=1S/C22H26N4OS/c1-5-16-8-7-9-17(6-2)20(16)26-19(24-25-22(26)28)13-23-21(27)18-11-10-14(3)15(4)12-18/h7-12H,5-6,13H2,1-4H3,(H,23,27)(H,25,28). The Morgan fingerprint density at radius 2 is 1.79 bits per heavy atom. The highest BCUT2D eigenvalue weighted by Crippen LogP contribution is 2.23. The van der Waals surface area contributed by atoms with E-state index in [2.05, 4.69) is 47.6 Å². The fourth-order valence-corrected chi connectivity index (χ4v) is 3.57. The molecular weight excluding hydrogens is 368 g/mol. The number of hydrogen-bond donors (Lipinski definition) is 2. The number of H-pyrrole nitrogens is 1. The number of carbonyl (C=O) groups excluding carboxylic acids is 1. The van der Waals surface area contributed by atoms with Crippen LogP contribution in [0.4, 0.5) is 0 Å². The maximum Gasteiger partial charge on any atom is 0.251 e. The lowest BCUT2D eigenvalue weighted by Gasteiger charge is -2.16. The fourth-order valence-electron chi connectivity index (χ4n) is 3.33. The molecular formula is C22H26N4OS. The van der Waals surface area contributed by atoms with E-state index < -0.39 is 0 Å². The predicted molar refractivity (Wildman–Crippen MR) is 115 cm³/mol. The van der Waals surface area contributed by atoms with E-state index in [1.807, 2.05) is 36.6 Å². The first-order valence-electron chi connectivity index (χ1n) is 9.59. The number of nitrogens with zero attached hydrogens (tertiary/aromatic N) is 2. The molecule has 5 nitrogen and oxygen atoms in total. The molecule has 6 heteroatoms. The van der Waals surface area contributed by atoms with Crippen LogP contribution in [0, 0.1) is 18.6 Å². The molecule has 1 aromatic heterocycles. The minimum absolute atomic E-state index is 0.122. The van der Waals surface area contributed by atoms with Crippen molar-refractivity contribution in [3.63, 3.8) is 0 Å². The lowest BCUT2D eigenvalue weighted by molar-refractivity contribution is 0.0949. The molecule has 0 fully saturated rings. The number of aryl methyl sites for hydroxylation is 4. The highest BCUT2D eigenvalue weighted by Gasteiger charge is 2.16. The highest BCUT2D eigenvalue weighted by molar-refractivity contribution is 7.71. The summed E-state index contributed by atoms with van der Waals surface area (Å²) in [6.07, 6.45) is 1.79. The van der Waals surface area contributed by atoms with Crippen LogP contribution in [0.5, 0.6) is 0 Å². The first-order valence-corrected chi connectivity index (χ1v) is 10.00. The van der Waals surface area contributed by atoms with Crippen molar-refractivity contribution < 1.29 is 4.79 Å². The first kappa shape index (κ1) is 20.0. The van der Waals surface area contributed by atoms with Gasteiger partial charge in [0.25, 0.3) is 5.91 Å². The van der Waals surface area contributed by atoms with Crippen molar-refractivity contribution in [1.82, 2.24) is 20.1 Å². The van der Waals surface area contributed by atoms with E-state index in [0.29, 0.717) is 22.7 Å². The molecule has 3 aromatic rings. The summed E-state index contributed by atoms with van der Waals surface area (Å²) in [6, 6.07) is 12.0. The number of benzene rings is 2. The Hall–Kier alpha value is -2.73. The largest absolute Gasteiger partial charge is 0.345 e. The molecule has 0 aliphatic rings. The van der Waals surface area contributed by atoms with Crippen LogP contribution < -0.4 is 5.32 Å². The van der Waals surface area contributed by atoms with Crippen molar-refractivity contribution >= 4 is 18.1 Å². The van der Waals surface area contributed by atoms with Crippen LogP contribution in [-0.2, 0) is 19.4 Å². The smallest absolute Gasteiger partial charge is 0.251 e. The van der Waals surface area contributed by atoms with Crippen molar-refractivity contribution in [3.05, 3.63) is 74.8 Å². The molecule has 2 aromatic carbocycles. The Balaban J connectivity index is 1.91. The first-order chi connectivity index (χ1) is 13.5. The van der Waals surface area contributed by atoms with E-state index in [0.717, 1.165) is 24.1 Å². The fraction of sp³-hybridized carbons (Fsp3) is 0.318. The summed E-state index contributed by atoms with van der Waals surface area (Å²) in [6.45, 7) is 8.59. The number of para-hydroxylation sites is 1. The molecule has 0 atom stereocenters. The number of aromatic nitrogens is 3. The van der Waals surface area contributed by atoms with Gasteiger partial charge in [-0.3, -0.25) is 14.5 Å². The molecule has 0 unspecified atom stereocenters. The van der Waals surface area contributed by atoms with Crippen LogP contribution in [0.3, 0.4) is 0 Å². The SMILES string of the molecule is CCc1cccc(CC)c1-n1c(CNC(=O)c2ccc(C)c(C)c2)n[nH]c1=S. The average Bonchev–Trinajstić information content (AvgIpc) is 3.07. The number of aromatic amines is 1. The number of hydrogen-bond acceptors (Lipinski definition) is 3. The molecule has 0 radical (unpaired) electrons. The number of amides is 1. The van der Waals surface area contributed by atoms with Crippen LogP contribution in [0.15, 0.2) is 36.4 Å². The second kappa shape index (κ2) is 8.52. The summed E-state index contributed by atoms with van der Waals surface area (Å²) in [5.41, 5.74) is 6.39. The zero-order chi connectivity index (χ0) is 20.3. The van der Waals surface area contributed by atoms with Crippen molar-refractivity contribution in [1.29, 1.82) is 0 Å². The summed E-state index contributed by atoms with van der Waals surface area (Å²) in [5, 5.41) is 10.2. The molecule has 0 aliphatic heterocycles. The summed E-state index contributed by atoms with van der Waals surface area (Å²) in [7, 11) is 0. The summed E-state index contributed by atoms with van der Waals surface area (Å²) in [4.78, 5) is 12.6. The van der Waals surface area contributed by atoms with Gasteiger partial charge < -0.3 is 5.32 Å². The van der Waals surface area contributed by atoms with Gasteiger partial charge in [0.15, 0.2) is 10.6 Å². The van der Waals surface area contributed by atoms with Gasteiger partial charge in [0, 0.05) is 5.56 Å². The van der Waals surface area contributed by atoms with Crippen LogP contribution in [0.2, 0.25) is 0 Å². The zero-order valence-electron chi connectivity index (χ0n) is 16.8. The third kappa shape index (κ3) is 3.92. The highest BCUT2D eigenvalue weighted by atomic mass is 32.1. The van der Waals surface area contributed by atoms with E-state index in [-0.39, 0.29) is 5.91 Å². The molecule has 1 heterocycles. The van der Waals surface area contributed by atoms with Gasteiger partial charge in [0.05, 0.1) is 12.2 Å². The van der Waals surface area contributed by atoms with Gasteiger partial charge in [-0.2, -0.15) is 5.10 Å². The van der Waals surface area contributed by atoms with E-state index in [9.17, 15) is 4.79 Å². The summed E-state index contributed by atoms with van der Waals surface area (Å²) in [5.74, 6) is 0.570. The summed E-state index contributed by atoms with van der Waals surface area (Å²) >= 11 is 5.51. The quantitative estimate of drug-likeness (QED) is 0.601. The van der Waals surface area contributed by atoms with E-state index in [4.69, 9.17) is 12.2 Å². The average molecular weight is 395 g/mol. The molecule has 0 aliphatic carbocycles. The minimum Gasteiger partial charge on any atom is -0.345 e. The Bertz CT molecular complexity index is 1040. The molecule has 1 amide bonds. The Labute approximate surface area is 170 Å². The van der Waals surface area contributed by atoms with Gasteiger partial charge in [-0.15, -0.1) is 0 Å². The second-order valence-electron chi connectivity index (χ2n) is 6.89. The van der Waals surface area contributed by atoms with Gasteiger partial charge in [0.1, 0.15) is 0 Å². The lowest BCUT2D eigenvalue weighted by Crippen LogP contribution is -2.25. The van der Waals surface area contributed by atoms with E-state index >= 15 is 0 Å². The van der Waals surface area contributed by atoms with Crippen molar-refractivity contribution in [2.75, 3.05) is 0 Å². The van der Waals surface area contributed by atoms with Gasteiger partial charge in [-0.1, -0.05) is 38.1 Å². The minimum atomic E-state index is -0.122. The third-order valence-electron chi connectivity index (χ3n) is 5.11. The monoisotopic (exact) mass is 394 g/mol. The van der Waals surface area contributed by atoms with Crippen LogP contribution in [0.25, 0.3) is 5.69 Å². The number of nitrogens with one attached hydrogen (secondary N) is 2. The van der Waals surface area contributed by atoms with E-state index in [1.165, 1.54) is 16.7 Å². The van der Waals surface area contributed by atoms with Gasteiger partial charge in [-0.25, -0.2) is 0 Å². The normalized spacial score (nSPS) is 10.9. The molecule has 0 saturated carbocycles. The van der Waals surface area contributed by atoms with Gasteiger partial charge in [-0.05, 0) is 73.3 Å². The summed E-state index contributed by atoms with van der Waals surface area (Å²) < 4.78 is 2.49. The molecule has 146 valence electrons. The van der Waals surface area contributed by atoms with Crippen molar-refractivity contribution in [3.8, 4) is 5.69 Å². The Kier molecular flexibility index (Phi) is 6.09. The van der Waals surface area contributed by atoms with Crippen LogP contribution in [-0.4, -0.2) is 20.7 Å². The molecule has 3 rings (SSSR count).